The van der Waals surface area contributed by atoms with Gasteiger partial charge in [-0.05, 0) is 49.9 Å². The summed E-state index contributed by atoms with van der Waals surface area (Å²) >= 11 is 0. The summed E-state index contributed by atoms with van der Waals surface area (Å²) in [5, 5.41) is 3.23. The van der Waals surface area contributed by atoms with Gasteiger partial charge in [-0.15, -0.1) is 0 Å². The van der Waals surface area contributed by atoms with Crippen molar-refractivity contribution in [3.05, 3.63) is 35.4 Å². The molecule has 5 heteroatoms. The third-order valence-electron chi connectivity index (χ3n) is 4.03. The molecule has 1 aromatic carbocycles. The number of hydrogen-bond acceptors (Lipinski definition) is 3. The van der Waals surface area contributed by atoms with Crippen molar-refractivity contribution < 1.29 is 8.42 Å². The Hall–Kier alpha value is -0.910. The van der Waals surface area contributed by atoms with Crippen LogP contribution in [0.1, 0.15) is 30.9 Å². The van der Waals surface area contributed by atoms with E-state index in [2.05, 4.69) is 24.4 Å². The van der Waals surface area contributed by atoms with Crippen LogP contribution in [0.3, 0.4) is 0 Å². The quantitative estimate of drug-likeness (QED) is 0.781. The summed E-state index contributed by atoms with van der Waals surface area (Å²) in [5.41, 5.74) is 2.59. The van der Waals surface area contributed by atoms with E-state index in [0.29, 0.717) is 13.1 Å². The first-order valence-corrected chi connectivity index (χ1v) is 9.49. The first kappa shape index (κ1) is 16.5. The monoisotopic (exact) mass is 310 g/mol. The van der Waals surface area contributed by atoms with Crippen molar-refractivity contribution in [3.8, 4) is 0 Å². The molecule has 0 saturated heterocycles. The number of sulfonamides is 1. The molecular weight excluding hydrogens is 284 g/mol. The first-order valence-electron chi connectivity index (χ1n) is 7.89. The van der Waals surface area contributed by atoms with Gasteiger partial charge in [-0.25, -0.2) is 12.7 Å². The molecule has 1 aromatic rings. The molecule has 2 rings (SSSR count). The summed E-state index contributed by atoms with van der Waals surface area (Å²) in [5.74, 6) is 0.273. The van der Waals surface area contributed by atoms with Gasteiger partial charge in [-0.1, -0.05) is 31.2 Å². The van der Waals surface area contributed by atoms with Crippen molar-refractivity contribution in [3.63, 3.8) is 0 Å². The number of unbranched alkanes of at least 4 members (excludes halogenated alkanes) is 1. The Kier molecular flexibility index (Phi) is 6.21. The standard InChI is InChI=1S/C16H26N2O2S/c1-2-17-11-5-6-14-21(19,20)18-12-9-15-7-3-4-8-16(15)10-13-18/h3-4,7-8,17H,2,5-6,9-14H2,1H3. The Morgan fingerprint density at radius 1 is 1.10 bits per heavy atom. The summed E-state index contributed by atoms with van der Waals surface area (Å²) in [6, 6.07) is 8.29. The maximum Gasteiger partial charge on any atom is 0.214 e. The summed E-state index contributed by atoms with van der Waals surface area (Å²) in [7, 11) is -3.11. The highest BCUT2D eigenvalue weighted by Crippen LogP contribution is 2.18. The summed E-state index contributed by atoms with van der Waals surface area (Å²) in [6.07, 6.45) is 3.31. The molecule has 0 unspecified atom stereocenters. The van der Waals surface area contributed by atoms with E-state index < -0.39 is 10.0 Å². The molecule has 0 saturated carbocycles. The second-order valence-corrected chi connectivity index (χ2v) is 7.63. The fraction of sp³-hybridized carbons (Fsp3) is 0.625. The maximum atomic E-state index is 12.4. The molecule has 1 N–H and O–H groups in total. The highest BCUT2D eigenvalue weighted by molar-refractivity contribution is 7.89. The third kappa shape index (κ3) is 4.80. The zero-order valence-corrected chi connectivity index (χ0v) is 13.7. The second-order valence-electron chi connectivity index (χ2n) is 5.54. The lowest BCUT2D eigenvalue weighted by Crippen LogP contribution is -2.35. The molecule has 0 atom stereocenters. The van der Waals surface area contributed by atoms with Gasteiger partial charge < -0.3 is 5.32 Å². The van der Waals surface area contributed by atoms with Gasteiger partial charge in [0.1, 0.15) is 0 Å². The highest BCUT2D eigenvalue weighted by atomic mass is 32.2. The topological polar surface area (TPSA) is 49.4 Å². The molecule has 1 aliphatic heterocycles. The zero-order valence-electron chi connectivity index (χ0n) is 12.8. The van der Waals surface area contributed by atoms with Crippen molar-refractivity contribution in [2.24, 2.45) is 0 Å². The normalized spacial score (nSPS) is 16.4. The molecule has 0 aromatic heterocycles. The fourth-order valence-electron chi connectivity index (χ4n) is 2.77. The van der Waals surface area contributed by atoms with E-state index >= 15 is 0 Å². The molecule has 0 spiro atoms. The number of fused-ring (bicyclic) bond motifs is 1. The van der Waals surface area contributed by atoms with Crippen LogP contribution in [0, 0.1) is 0 Å². The Morgan fingerprint density at radius 2 is 1.71 bits per heavy atom. The third-order valence-corrected chi connectivity index (χ3v) is 5.99. The van der Waals surface area contributed by atoms with Crippen molar-refractivity contribution in [1.29, 1.82) is 0 Å². The van der Waals surface area contributed by atoms with Crippen LogP contribution in [0.5, 0.6) is 0 Å². The van der Waals surface area contributed by atoms with E-state index in [1.807, 2.05) is 12.1 Å². The minimum absolute atomic E-state index is 0.273. The average molecular weight is 310 g/mol. The molecule has 118 valence electrons. The number of rotatable bonds is 7. The SMILES string of the molecule is CCNCCCCS(=O)(=O)N1CCc2ccccc2CC1. The summed E-state index contributed by atoms with van der Waals surface area (Å²) in [4.78, 5) is 0. The van der Waals surface area contributed by atoms with Crippen molar-refractivity contribution in [2.75, 3.05) is 31.9 Å². The molecule has 1 aliphatic rings. The highest BCUT2D eigenvalue weighted by Gasteiger charge is 2.23. The van der Waals surface area contributed by atoms with Crippen molar-refractivity contribution in [1.82, 2.24) is 9.62 Å². The van der Waals surface area contributed by atoms with Gasteiger partial charge in [0.05, 0.1) is 5.75 Å². The molecular formula is C16H26N2O2S. The fourth-order valence-corrected chi connectivity index (χ4v) is 4.33. The lowest BCUT2D eigenvalue weighted by molar-refractivity contribution is 0.425. The Bertz CT molecular complexity index is 516. The van der Waals surface area contributed by atoms with Gasteiger partial charge >= 0.3 is 0 Å². The number of nitrogens with zero attached hydrogens (tertiary/aromatic N) is 1. The largest absolute Gasteiger partial charge is 0.317 e. The van der Waals surface area contributed by atoms with Crippen LogP contribution in [-0.2, 0) is 22.9 Å². The molecule has 0 fully saturated rings. The van der Waals surface area contributed by atoms with E-state index in [0.717, 1.165) is 38.8 Å². The van der Waals surface area contributed by atoms with E-state index in [1.54, 1.807) is 4.31 Å². The predicted octanol–water partition coefficient (Wildman–Crippen LogP) is 1.81. The average Bonchev–Trinajstić information content (AvgIpc) is 2.70. The molecule has 4 nitrogen and oxygen atoms in total. The lowest BCUT2D eigenvalue weighted by atomic mass is 10.0. The van der Waals surface area contributed by atoms with Gasteiger partial charge in [0.2, 0.25) is 10.0 Å². The van der Waals surface area contributed by atoms with Crippen LogP contribution in [-0.4, -0.2) is 44.7 Å². The number of hydrogen-bond donors (Lipinski definition) is 1. The second kappa shape index (κ2) is 7.92. The first-order chi connectivity index (χ1) is 10.1. The Labute approximate surface area is 128 Å². The van der Waals surface area contributed by atoms with Crippen molar-refractivity contribution in [2.45, 2.75) is 32.6 Å². The lowest BCUT2D eigenvalue weighted by Gasteiger charge is -2.19. The number of benzene rings is 1. The van der Waals surface area contributed by atoms with Gasteiger partial charge in [0.25, 0.3) is 0 Å². The zero-order chi connectivity index (χ0) is 15.1. The van der Waals surface area contributed by atoms with Crippen LogP contribution in [0.2, 0.25) is 0 Å². The Balaban J connectivity index is 1.87. The van der Waals surface area contributed by atoms with Gasteiger partial charge in [-0.2, -0.15) is 0 Å². The Morgan fingerprint density at radius 3 is 2.29 bits per heavy atom. The summed E-state index contributed by atoms with van der Waals surface area (Å²) in [6.45, 7) is 5.14. The van der Waals surface area contributed by atoms with Crippen LogP contribution in [0.15, 0.2) is 24.3 Å². The molecule has 0 amide bonds. The van der Waals surface area contributed by atoms with Gasteiger partial charge in [0, 0.05) is 13.1 Å². The van der Waals surface area contributed by atoms with Crippen LogP contribution in [0.4, 0.5) is 0 Å². The molecule has 1 heterocycles. The van der Waals surface area contributed by atoms with E-state index in [1.165, 1.54) is 11.1 Å². The van der Waals surface area contributed by atoms with Gasteiger partial charge in [-0.3, -0.25) is 0 Å². The smallest absolute Gasteiger partial charge is 0.214 e. The molecule has 0 radical (unpaired) electrons. The van der Waals surface area contributed by atoms with Gasteiger partial charge in [0.15, 0.2) is 0 Å². The van der Waals surface area contributed by atoms with E-state index in [9.17, 15) is 8.42 Å². The van der Waals surface area contributed by atoms with Crippen LogP contribution >= 0.6 is 0 Å². The van der Waals surface area contributed by atoms with E-state index in [4.69, 9.17) is 0 Å². The van der Waals surface area contributed by atoms with E-state index in [-0.39, 0.29) is 5.75 Å². The van der Waals surface area contributed by atoms with Crippen LogP contribution in [0.25, 0.3) is 0 Å². The minimum Gasteiger partial charge on any atom is -0.317 e. The molecule has 0 aliphatic carbocycles. The van der Waals surface area contributed by atoms with Crippen molar-refractivity contribution >= 4 is 10.0 Å². The summed E-state index contributed by atoms with van der Waals surface area (Å²) < 4.78 is 26.5. The molecule has 21 heavy (non-hydrogen) atoms. The van der Waals surface area contributed by atoms with Crippen LogP contribution < -0.4 is 5.32 Å². The predicted molar refractivity (Wildman–Crippen MR) is 87.0 cm³/mol. The minimum atomic E-state index is -3.11. The maximum absolute atomic E-state index is 12.4. The number of nitrogens with one attached hydrogen (secondary N) is 1. The molecule has 0 bridgehead atoms.